The first kappa shape index (κ1) is 10.6. The number of rotatable bonds is 4. The molecule has 1 saturated heterocycles. The van der Waals surface area contributed by atoms with Gasteiger partial charge in [0.2, 0.25) is 5.89 Å². The molecule has 1 aliphatic heterocycles. The molecule has 0 bridgehead atoms. The first-order valence-corrected chi connectivity index (χ1v) is 5.81. The largest absolute Gasteiger partial charge is 0.338 e. The Morgan fingerprint density at radius 1 is 1.53 bits per heavy atom. The van der Waals surface area contributed by atoms with Crippen LogP contribution in [0, 0.1) is 5.92 Å². The number of nitrogens with zero attached hydrogens (tertiary/aromatic N) is 2. The van der Waals surface area contributed by atoms with E-state index in [0.717, 1.165) is 37.5 Å². The summed E-state index contributed by atoms with van der Waals surface area (Å²) in [6.45, 7) is 5.48. The Labute approximate surface area is 90.4 Å². The van der Waals surface area contributed by atoms with E-state index in [-0.39, 0.29) is 0 Å². The highest BCUT2D eigenvalue weighted by Crippen LogP contribution is 2.21. The van der Waals surface area contributed by atoms with Crippen LogP contribution in [0.15, 0.2) is 4.52 Å². The SMILES string of the molecule is CC(C)CCc1noc(C2CCCN2)n1. The van der Waals surface area contributed by atoms with E-state index in [4.69, 9.17) is 4.52 Å². The minimum atomic E-state index is 0.297. The average molecular weight is 209 g/mol. The minimum absolute atomic E-state index is 0.297. The summed E-state index contributed by atoms with van der Waals surface area (Å²) in [6.07, 6.45) is 4.37. The molecule has 0 radical (unpaired) electrons. The van der Waals surface area contributed by atoms with Crippen molar-refractivity contribution < 1.29 is 4.52 Å². The Bertz CT molecular complexity index is 303. The second-order valence-electron chi connectivity index (χ2n) is 4.63. The lowest BCUT2D eigenvalue weighted by Crippen LogP contribution is -2.13. The van der Waals surface area contributed by atoms with Crippen LogP contribution in [0.3, 0.4) is 0 Å². The van der Waals surface area contributed by atoms with Gasteiger partial charge in [0, 0.05) is 6.42 Å². The highest BCUT2D eigenvalue weighted by atomic mass is 16.5. The van der Waals surface area contributed by atoms with Crippen molar-refractivity contribution in [2.75, 3.05) is 6.54 Å². The van der Waals surface area contributed by atoms with Crippen molar-refractivity contribution in [1.82, 2.24) is 15.5 Å². The molecule has 1 aromatic heterocycles. The van der Waals surface area contributed by atoms with Gasteiger partial charge in [-0.15, -0.1) is 0 Å². The maximum Gasteiger partial charge on any atom is 0.243 e. The van der Waals surface area contributed by atoms with Gasteiger partial charge in [-0.05, 0) is 31.7 Å². The van der Waals surface area contributed by atoms with Crippen LogP contribution >= 0.6 is 0 Å². The van der Waals surface area contributed by atoms with E-state index in [9.17, 15) is 0 Å². The smallest absolute Gasteiger partial charge is 0.243 e. The molecule has 0 aliphatic carbocycles. The molecule has 1 unspecified atom stereocenters. The van der Waals surface area contributed by atoms with E-state index < -0.39 is 0 Å². The van der Waals surface area contributed by atoms with Crippen molar-refractivity contribution >= 4 is 0 Å². The molecule has 2 heterocycles. The maximum absolute atomic E-state index is 5.26. The predicted octanol–water partition coefficient (Wildman–Crippen LogP) is 2.08. The lowest BCUT2D eigenvalue weighted by molar-refractivity contribution is 0.340. The van der Waals surface area contributed by atoms with Crippen molar-refractivity contribution in [2.45, 2.75) is 45.6 Å². The molecular formula is C11H19N3O. The average Bonchev–Trinajstić information content (AvgIpc) is 2.85. The predicted molar refractivity (Wildman–Crippen MR) is 57.4 cm³/mol. The third kappa shape index (κ3) is 2.78. The Hall–Kier alpha value is -0.900. The molecule has 1 aliphatic rings. The van der Waals surface area contributed by atoms with E-state index in [1.807, 2.05) is 0 Å². The van der Waals surface area contributed by atoms with Gasteiger partial charge < -0.3 is 9.84 Å². The zero-order valence-electron chi connectivity index (χ0n) is 9.49. The van der Waals surface area contributed by atoms with Crippen LogP contribution in [0.4, 0.5) is 0 Å². The van der Waals surface area contributed by atoms with E-state index in [1.165, 1.54) is 6.42 Å². The second-order valence-corrected chi connectivity index (χ2v) is 4.63. The van der Waals surface area contributed by atoms with Gasteiger partial charge in [-0.2, -0.15) is 4.98 Å². The molecule has 1 atom stereocenters. The first-order valence-electron chi connectivity index (χ1n) is 5.81. The van der Waals surface area contributed by atoms with Crippen molar-refractivity contribution in [3.05, 3.63) is 11.7 Å². The number of hydrogen-bond acceptors (Lipinski definition) is 4. The molecule has 0 amide bonds. The Balaban J connectivity index is 1.91. The van der Waals surface area contributed by atoms with Crippen LogP contribution in [0.1, 0.15) is 50.9 Å². The normalized spacial score (nSPS) is 21.4. The van der Waals surface area contributed by atoms with Gasteiger partial charge >= 0.3 is 0 Å². The summed E-state index contributed by atoms with van der Waals surface area (Å²) in [5, 5.41) is 7.36. The van der Waals surface area contributed by atoms with Gasteiger partial charge in [-0.25, -0.2) is 0 Å². The zero-order chi connectivity index (χ0) is 10.7. The quantitative estimate of drug-likeness (QED) is 0.825. The van der Waals surface area contributed by atoms with Crippen molar-refractivity contribution in [3.8, 4) is 0 Å². The molecule has 84 valence electrons. The lowest BCUT2D eigenvalue weighted by atomic mass is 10.1. The summed E-state index contributed by atoms with van der Waals surface area (Å²) < 4.78 is 5.26. The fraction of sp³-hybridized carbons (Fsp3) is 0.818. The van der Waals surface area contributed by atoms with Crippen molar-refractivity contribution in [1.29, 1.82) is 0 Å². The third-order valence-corrected chi connectivity index (χ3v) is 2.79. The molecule has 1 aromatic rings. The van der Waals surface area contributed by atoms with Gasteiger partial charge in [0.1, 0.15) is 0 Å². The lowest BCUT2D eigenvalue weighted by Gasteiger charge is -2.01. The molecule has 4 heteroatoms. The highest BCUT2D eigenvalue weighted by molar-refractivity contribution is 4.95. The number of nitrogens with one attached hydrogen (secondary N) is 1. The summed E-state index contributed by atoms with van der Waals surface area (Å²) in [7, 11) is 0. The summed E-state index contributed by atoms with van der Waals surface area (Å²) in [5.41, 5.74) is 0. The number of hydrogen-bond donors (Lipinski definition) is 1. The van der Waals surface area contributed by atoms with E-state index >= 15 is 0 Å². The Morgan fingerprint density at radius 3 is 3.07 bits per heavy atom. The van der Waals surface area contributed by atoms with E-state index in [2.05, 4.69) is 29.3 Å². The van der Waals surface area contributed by atoms with Gasteiger partial charge in [0.25, 0.3) is 0 Å². The maximum atomic E-state index is 5.26. The third-order valence-electron chi connectivity index (χ3n) is 2.79. The van der Waals surface area contributed by atoms with Gasteiger partial charge in [0.15, 0.2) is 5.82 Å². The monoisotopic (exact) mass is 209 g/mol. The molecule has 2 rings (SSSR count). The first-order chi connectivity index (χ1) is 7.25. The summed E-state index contributed by atoms with van der Waals surface area (Å²) in [5.74, 6) is 2.32. The second kappa shape index (κ2) is 4.75. The zero-order valence-corrected chi connectivity index (χ0v) is 9.49. The van der Waals surface area contributed by atoms with Gasteiger partial charge in [0.05, 0.1) is 6.04 Å². The van der Waals surface area contributed by atoms with Crippen LogP contribution in [-0.4, -0.2) is 16.7 Å². The summed E-state index contributed by atoms with van der Waals surface area (Å²) >= 11 is 0. The Morgan fingerprint density at radius 2 is 2.40 bits per heavy atom. The Kier molecular flexibility index (Phi) is 3.36. The van der Waals surface area contributed by atoms with Gasteiger partial charge in [-0.1, -0.05) is 19.0 Å². The molecule has 0 saturated carbocycles. The molecular weight excluding hydrogens is 190 g/mol. The van der Waals surface area contributed by atoms with Gasteiger partial charge in [-0.3, -0.25) is 0 Å². The van der Waals surface area contributed by atoms with Crippen LogP contribution in [0.5, 0.6) is 0 Å². The molecule has 0 aromatic carbocycles. The van der Waals surface area contributed by atoms with E-state index in [0.29, 0.717) is 12.0 Å². The van der Waals surface area contributed by atoms with E-state index in [1.54, 1.807) is 0 Å². The molecule has 1 N–H and O–H groups in total. The summed E-state index contributed by atoms with van der Waals surface area (Å²) in [4.78, 5) is 4.42. The van der Waals surface area contributed by atoms with Crippen molar-refractivity contribution in [3.63, 3.8) is 0 Å². The minimum Gasteiger partial charge on any atom is -0.338 e. The van der Waals surface area contributed by atoms with Crippen LogP contribution < -0.4 is 5.32 Å². The number of aromatic nitrogens is 2. The van der Waals surface area contributed by atoms with Crippen LogP contribution in [0.25, 0.3) is 0 Å². The molecule has 4 nitrogen and oxygen atoms in total. The number of aryl methyl sites for hydroxylation is 1. The molecule has 15 heavy (non-hydrogen) atoms. The topological polar surface area (TPSA) is 51.0 Å². The van der Waals surface area contributed by atoms with Crippen LogP contribution in [0.2, 0.25) is 0 Å². The van der Waals surface area contributed by atoms with Crippen LogP contribution in [-0.2, 0) is 6.42 Å². The van der Waals surface area contributed by atoms with Crippen molar-refractivity contribution in [2.24, 2.45) is 5.92 Å². The summed E-state index contributed by atoms with van der Waals surface area (Å²) in [6, 6.07) is 0.297. The highest BCUT2D eigenvalue weighted by Gasteiger charge is 2.22. The fourth-order valence-corrected chi connectivity index (χ4v) is 1.82. The fourth-order valence-electron chi connectivity index (χ4n) is 1.82. The molecule has 1 fully saturated rings. The molecule has 0 spiro atoms. The standard InChI is InChI=1S/C11H19N3O/c1-8(2)5-6-10-13-11(15-14-10)9-4-3-7-12-9/h8-9,12H,3-7H2,1-2H3.